The number of nitrogens with zero attached hydrogens (tertiary/aromatic N) is 5. The van der Waals surface area contributed by atoms with E-state index in [9.17, 15) is 5.11 Å². The van der Waals surface area contributed by atoms with Crippen molar-refractivity contribution in [3.8, 4) is 0 Å². The van der Waals surface area contributed by atoms with Gasteiger partial charge in [-0.15, -0.1) is 0 Å². The number of fused-ring (bicyclic) bond motifs is 1. The van der Waals surface area contributed by atoms with Crippen LogP contribution in [-0.4, -0.2) is 42.0 Å². The molecule has 0 amide bonds. The van der Waals surface area contributed by atoms with Gasteiger partial charge in [0.1, 0.15) is 0 Å². The quantitative estimate of drug-likeness (QED) is 0.885. The summed E-state index contributed by atoms with van der Waals surface area (Å²) in [7, 11) is 2.02. The maximum Gasteiger partial charge on any atom is 0.0949 e. The van der Waals surface area contributed by atoms with Gasteiger partial charge in [0.05, 0.1) is 24.8 Å². The fourth-order valence-corrected chi connectivity index (χ4v) is 2.83. The Morgan fingerprint density at radius 1 is 1.45 bits per heavy atom. The Balaban J connectivity index is 1.78. The van der Waals surface area contributed by atoms with Crippen LogP contribution in [0.5, 0.6) is 0 Å². The summed E-state index contributed by atoms with van der Waals surface area (Å²) in [5, 5.41) is 14.0. The van der Waals surface area contributed by atoms with E-state index in [1.165, 1.54) is 11.3 Å². The zero-order valence-corrected chi connectivity index (χ0v) is 12.0. The number of aliphatic hydroxyl groups is 1. The number of hydrogen-bond donors (Lipinski definition) is 1. The van der Waals surface area contributed by atoms with Gasteiger partial charge in [-0.1, -0.05) is 0 Å². The molecule has 1 aliphatic heterocycles. The normalized spacial score (nSPS) is 19.2. The van der Waals surface area contributed by atoms with Crippen LogP contribution in [-0.2, 0) is 33.1 Å². The minimum atomic E-state index is 0.155. The summed E-state index contributed by atoms with van der Waals surface area (Å²) in [6.45, 7) is 4.73. The molecule has 0 bridgehead atoms. The highest BCUT2D eigenvalue weighted by Crippen LogP contribution is 2.23. The van der Waals surface area contributed by atoms with Crippen LogP contribution in [0.1, 0.15) is 23.9 Å². The van der Waals surface area contributed by atoms with Crippen LogP contribution in [0.15, 0.2) is 18.7 Å². The summed E-state index contributed by atoms with van der Waals surface area (Å²) in [5.41, 5.74) is 3.55. The molecule has 6 nitrogen and oxygen atoms in total. The number of rotatable bonds is 4. The minimum Gasteiger partial charge on any atom is -0.395 e. The van der Waals surface area contributed by atoms with Crippen molar-refractivity contribution in [1.82, 2.24) is 24.2 Å². The molecule has 1 atom stereocenters. The summed E-state index contributed by atoms with van der Waals surface area (Å²) in [6.07, 6.45) is 6.69. The van der Waals surface area contributed by atoms with Gasteiger partial charge < -0.3 is 9.67 Å². The lowest BCUT2D eigenvalue weighted by atomic mass is 10.0. The fraction of sp³-hybridized carbons (Fsp3) is 0.571. The van der Waals surface area contributed by atoms with Crippen LogP contribution in [0.3, 0.4) is 0 Å². The van der Waals surface area contributed by atoms with E-state index in [-0.39, 0.29) is 12.6 Å². The molecule has 0 spiro atoms. The molecular formula is C14H21N5O. The Kier molecular flexibility index (Phi) is 3.58. The van der Waals surface area contributed by atoms with Gasteiger partial charge in [-0.2, -0.15) is 5.10 Å². The zero-order chi connectivity index (χ0) is 14.1. The van der Waals surface area contributed by atoms with Gasteiger partial charge in [0.25, 0.3) is 0 Å². The van der Waals surface area contributed by atoms with Crippen molar-refractivity contribution in [3.63, 3.8) is 0 Å². The fourth-order valence-electron chi connectivity index (χ4n) is 2.83. The first-order chi connectivity index (χ1) is 9.71. The lowest BCUT2D eigenvalue weighted by molar-refractivity contribution is 0.0967. The monoisotopic (exact) mass is 275 g/mol. The maximum atomic E-state index is 9.65. The Labute approximate surface area is 118 Å². The number of aryl methyl sites for hydroxylation is 2. The molecule has 6 heteroatoms. The number of hydrogen-bond acceptors (Lipinski definition) is 4. The number of aromatic nitrogens is 4. The molecule has 0 radical (unpaired) electrons. The maximum absolute atomic E-state index is 9.65. The molecule has 1 N–H and O–H groups in total. The zero-order valence-electron chi connectivity index (χ0n) is 12.0. The van der Waals surface area contributed by atoms with E-state index in [0.717, 1.165) is 31.7 Å². The van der Waals surface area contributed by atoms with E-state index >= 15 is 0 Å². The van der Waals surface area contributed by atoms with E-state index in [2.05, 4.69) is 32.7 Å². The largest absolute Gasteiger partial charge is 0.395 e. The second kappa shape index (κ2) is 5.38. The van der Waals surface area contributed by atoms with Gasteiger partial charge in [0.2, 0.25) is 0 Å². The van der Waals surface area contributed by atoms with Crippen LogP contribution < -0.4 is 0 Å². The van der Waals surface area contributed by atoms with Crippen molar-refractivity contribution in [2.24, 2.45) is 7.05 Å². The lowest BCUT2D eigenvalue weighted by Crippen LogP contribution is -2.42. The SMILES string of the molecule is CCn1cc(CN2Cc3ncn(C)c3C[C@H]2CO)cn1. The third-order valence-electron chi connectivity index (χ3n) is 4.05. The van der Waals surface area contributed by atoms with Crippen molar-refractivity contribution < 1.29 is 5.11 Å². The van der Waals surface area contributed by atoms with Crippen molar-refractivity contribution in [2.45, 2.75) is 39.0 Å². The first kappa shape index (κ1) is 13.3. The van der Waals surface area contributed by atoms with Crippen molar-refractivity contribution in [1.29, 1.82) is 0 Å². The Morgan fingerprint density at radius 2 is 2.30 bits per heavy atom. The summed E-state index contributed by atoms with van der Waals surface area (Å²) in [6, 6.07) is 0.155. The van der Waals surface area contributed by atoms with E-state index in [0.29, 0.717) is 0 Å². The average molecular weight is 275 g/mol. The smallest absolute Gasteiger partial charge is 0.0949 e. The van der Waals surface area contributed by atoms with Crippen molar-refractivity contribution >= 4 is 0 Å². The third kappa shape index (κ3) is 2.36. The van der Waals surface area contributed by atoms with Gasteiger partial charge in [-0.05, 0) is 6.92 Å². The van der Waals surface area contributed by atoms with E-state index < -0.39 is 0 Å². The van der Waals surface area contributed by atoms with E-state index in [1.807, 2.05) is 24.3 Å². The molecule has 108 valence electrons. The van der Waals surface area contributed by atoms with Crippen LogP contribution in [0.4, 0.5) is 0 Å². The summed E-state index contributed by atoms with van der Waals surface area (Å²) in [4.78, 5) is 6.74. The molecule has 0 saturated heterocycles. The van der Waals surface area contributed by atoms with Gasteiger partial charge >= 0.3 is 0 Å². The highest BCUT2D eigenvalue weighted by atomic mass is 16.3. The molecule has 3 rings (SSSR count). The highest BCUT2D eigenvalue weighted by molar-refractivity contribution is 5.19. The van der Waals surface area contributed by atoms with E-state index in [4.69, 9.17) is 0 Å². The summed E-state index contributed by atoms with van der Waals surface area (Å²) < 4.78 is 3.99. The number of aliphatic hydroxyl groups excluding tert-OH is 1. The van der Waals surface area contributed by atoms with Gasteiger partial charge in [-0.25, -0.2) is 4.98 Å². The van der Waals surface area contributed by atoms with Crippen LogP contribution in [0, 0.1) is 0 Å². The summed E-state index contributed by atoms with van der Waals surface area (Å²) in [5.74, 6) is 0. The molecule has 0 saturated carbocycles. The second-order valence-corrected chi connectivity index (χ2v) is 5.40. The molecule has 3 heterocycles. The number of imidazole rings is 1. The van der Waals surface area contributed by atoms with Gasteiger partial charge in [0.15, 0.2) is 0 Å². The third-order valence-corrected chi connectivity index (χ3v) is 4.05. The highest BCUT2D eigenvalue weighted by Gasteiger charge is 2.28. The van der Waals surface area contributed by atoms with Crippen LogP contribution >= 0.6 is 0 Å². The summed E-state index contributed by atoms with van der Waals surface area (Å²) >= 11 is 0. The van der Waals surface area contributed by atoms with Gasteiger partial charge in [0, 0.05) is 56.6 Å². The Bertz CT molecular complexity index is 588. The molecule has 0 aliphatic carbocycles. The first-order valence-electron chi connectivity index (χ1n) is 7.06. The predicted molar refractivity (Wildman–Crippen MR) is 74.9 cm³/mol. The standard InChI is InChI=1S/C14H21N5O/c1-3-19-7-11(5-16-19)6-18-8-13-14(4-12(18)9-20)17(2)10-15-13/h5,7,10,12,20H,3-4,6,8-9H2,1-2H3/t12-/m0/s1. The van der Waals surface area contributed by atoms with Crippen molar-refractivity contribution in [2.75, 3.05) is 6.61 Å². The molecule has 20 heavy (non-hydrogen) atoms. The molecule has 2 aromatic heterocycles. The molecule has 1 aliphatic rings. The average Bonchev–Trinajstić information content (AvgIpc) is 3.05. The first-order valence-corrected chi connectivity index (χ1v) is 7.06. The minimum absolute atomic E-state index is 0.155. The Morgan fingerprint density at radius 3 is 3.00 bits per heavy atom. The topological polar surface area (TPSA) is 59.1 Å². The Hall–Kier alpha value is -1.66. The van der Waals surface area contributed by atoms with Gasteiger partial charge in [-0.3, -0.25) is 9.58 Å². The molecule has 0 aromatic carbocycles. The molecule has 0 fully saturated rings. The van der Waals surface area contributed by atoms with E-state index in [1.54, 1.807) is 0 Å². The lowest BCUT2D eigenvalue weighted by Gasteiger charge is -2.34. The van der Waals surface area contributed by atoms with Crippen molar-refractivity contribution in [3.05, 3.63) is 35.7 Å². The molecular weight excluding hydrogens is 254 g/mol. The van der Waals surface area contributed by atoms with Crippen LogP contribution in [0.25, 0.3) is 0 Å². The molecule has 2 aromatic rings. The second-order valence-electron chi connectivity index (χ2n) is 5.40. The van der Waals surface area contributed by atoms with Crippen LogP contribution in [0.2, 0.25) is 0 Å². The molecule has 0 unspecified atom stereocenters. The predicted octanol–water partition coefficient (Wildman–Crippen LogP) is 0.556.